The van der Waals surface area contributed by atoms with Crippen molar-refractivity contribution in [3.63, 3.8) is 0 Å². The Hall–Kier alpha value is -4.11. The van der Waals surface area contributed by atoms with Crippen molar-refractivity contribution in [2.24, 2.45) is 0 Å². The molecule has 0 aliphatic carbocycles. The number of para-hydroxylation sites is 3. The monoisotopic (exact) mass is 627 g/mol. The molecule has 1 atom stereocenters. The number of H-pyrrole nitrogens is 1. The average Bonchev–Trinajstić information content (AvgIpc) is 3.48. The molecule has 1 aliphatic rings. The molecule has 2 aromatic heterocycles. The Morgan fingerprint density at radius 3 is 2.66 bits per heavy atom. The van der Waals surface area contributed by atoms with Crippen LogP contribution < -0.4 is 20.9 Å². The number of rotatable bonds is 11. The van der Waals surface area contributed by atoms with Crippen molar-refractivity contribution in [1.29, 1.82) is 0 Å². The van der Waals surface area contributed by atoms with E-state index in [1.807, 2.05) is 30.3 Å². The van der Waals surface area contributed by atoms with E-state index in [-0.39, 0.29) is 27.6 Å². The maximum atomic E-state index is 12.8. The van der Waals surface area contributed by atoms with Crippen molar-refractivity contribution in [2.75, 3.05) is 29.9 Å². The first-order valence-electron chi connectivity index (χ1n) is 14.9. The fourth-order valence-corrected chi connectivity index (χ4v) is 6.22. The number of aromatic nitrogens is 3. The summed E-state index contributed by atoms with van der Waals surface area (Å²) in [7, 11) is 0. The lowest BCUT2D eigenvalue weighted by Gasteiger charge is -2.31. The number of benzene rings is 3. The van der Waals surface area contributed by atoms with Gasteiger partial charge in [-0.05, 0) is 54.7 Å². The van der Waals surface area contributed by atoms with Gasteiger partial charge in [-0.2, -0.15) is 0 Å². The second-order valence-corrected chi connectivity index (χ2v) is 11.9. The van der Waals surface area contributed by atoms with E-state index in [9.17, 15) is 4.79 Å². The average molecular weight is 629 g/mol. The van der Waals surface area contributed by atoms with E-state index in [0.29, 0.717) is 13.1 Å². The summed E-state index contributed by atoms with van der Waals surface area (Å²) in [6.45, 7) is 5.73. The van der Waals surface area contributed by atoms with Gasteiger partial charge in [0, 0.05) is 45.1 Å². The number of hydrogen-bond acceptors (Lipinski definition) is 6. The van der Waals surface area contributed by atoms with Gasteiger partial charge in [-0.3, -0.25) is 9.78 Å². The molecule has 1 amide bonds. The fourth-order valence-electron chi connectivity index (χ4n) is 5.69. The molecule has 1 unspecified atom stereocenters. The van der Waals surface area contributed by atoms with Crippen LogP contribution in [0.3, 0.4) is 0 Å². The largest absolute Gasteiger partial charge is 0.383 e. The Morgan fingerprint density at radius 2 is 1.82 bits per heavy atom. The van der Waals surface area contributed by atoms with Gasteiger partial charge in [-0.25, -0.2) is 4.98 Å². The number of imidazole rings is 1. The van der Waals surface area contributed by atoms with Crippen LogP contribution in [-0.2, 0) is 19.5 Å². The van der Waals surface area contributed by atoms with Crippen molar-refractivity contribution in [2.45, 2.75) is 38.9 Å². The van der Waals surface area contributed by atoms with Crippen LogP contribution in [0.15, 0.2) is 79.1 Å². The quantitative estimate of drug-likeness (QED) is 0.127. The van der Waals surface area contributed by atoms with Gasteiger partial charge in [0.25, 0.3) is 5.91 Å². The normalized spacial score (nSPS) is 13.2. The van der Waals surface area contributed by atoms with Crippen molar-refractivity contribution >= 4 is 51.5 Å². The van der Waals surface area contributed by atoms with Gasteiger partial charge >= 0.3 is 0 Å². The zero-order valence-electron chi connectivity index (χ0n) is 24.5. The Bertz CT molecular complexity index is 1720. The number of nitrogens with zero attached hydrogens (tertiary/aromatic N) is 3. The summed E-state index contributed by atoms with van der Waals surface area (Å²) in [6.07, 6.45) is 5.05. The van der Waals surface area contributed by atoms with Crippen molar-refractivity contribution in [3.05, 3.63) is 117 Å². The number of hydrogen-bond donors (Lipinski definition) is 4. The summed E-state index contributed by atoms with van der Waals surface area (Å²) in [5.74, 6) is 0.599. The van der Waals surface area contributed by atoms with Crippen LogP contribution in [0.1, 0.15) is 52.3 Å². The molecule has 0 radical (unpaired) electrons. The van der Waals surface area contributed by atoms with E-state index in [0.717, 1.165) is 60.5 Å². The van der Waals surface area contributed by atoms with Crippen molar-refractivity contribution in [1.82, 2.24) is 25.6 Å². The van der Waals surface area contributed by atoms with E-state index in [4.69, 9.17) is 28.2 Å². The molecular formula is C34H35Cl2N7O. The van der Waals surface area contributed by atoms with Crippen LogP contribution in [0.5, 0.6) is 0 Å². The molecule has 0 saturated carbocycles. The molecule has 0 bridgehead atoms. The van der Waals surface area contributed by atoms with Gasteiger partial charge in [-0.15, -0.1) is 0 Å². The number of nitrogens with one attached hydrogen (secondary N) is 4. The van der Waals surface area contributed by atoms with Gasteiger partial charge in [0.05, 0.1) is 44.1 Å². The van der Waals surface area contributed by atoms with Crippen LogP contribution in [0.4, 0.5) is 11.4 Å². The molecule has 226 valence electrons. The molecule has 44 heavy (non-hydrogen) atoms. The molecule has 10 heteroatoms. The highest BCUT2D eigenvalue weighted by atomic mass is 35.5. The lowest BCUT2D eigenvalue weighted by atomic mass is 10.0. The van der Waals surface area contributed by atoms with Gasteiger partial charge in [0.15, 0.2) is 0 Å². The standard InChI is InChI=1S/C34H35Cl2N7O/c1-22(33-41-28-11-2-3-12-29(28)42-33)38-15-16-43(30-13-5-9-25-10-6-14-39-32(25)30)21-24-8-4-7-23(17-24)18-40-34(44)31-26(35)19-37-20-27(31)36/h2-5,7-9,11-13,17,19-20,22,38-39H,6,10,14-16,18,21H2,1H3,(H,40,44)(H,41,42). The molecule has 0 spiro atoms. The number of aryl methyl sites for hydroxylation is 1. The number of aromatic amines is 1. The molecule has 0 saturated heterocycles. The summed E-state index contributed by atoms with van der Waals surface area (Å²) in [5.41, 5.74) is 8.16. The molecule has 4 N–H and O–H groups in total. The predicted octanol–water partition coefficient (Wildman–Crippen LogP) is 6.91. The van der Waals surface area contributed by atoms with Gasteiger partial charge in [0.1, 0.15) is 5.82 Å². The number of amides is 1. The minimum atomic E-state index is -0.332. The Labute approximate surface area is 267 Å². The highest BCUT2D eigenvalue weighted by molar-refractivity contribution is 6.39. The van der Waals surface area contributed by atoms with Gasteiger partial charge in [0.2, 0.25) is 0 Å². The van der Waals surface area contributed by atoms with Crippen LogP contribution in [0.25, 0.3) is 11.0 Å². The Balaban J connectivity index is 1.17. The molecule has 8 nitrogen and oxygen atoms in total. The molecular weight excluding hydrogens is 593 g/mol. The summed E-state index contributed by atoms with van der Waals surface area (Å²) >= 11 is 12.4. The summed E-state index contributed by atoms with van der Waals surface area (Å²) in [4.78, 5) is 27.4. The van der Waals surface area contributed by atoms with Crippen LogP contribution >= 0.6 is 23.2 Å². The topological polar surface area (TPSA) is 98.0 Å². The lowest BCUT2D eigenvalue weighted by molar-refractivity contribution is 0.0951. The van der Waals surface area contributed by atoms with Crippen LogP contribution in [-0.4, -0.2) is 40.5 Å². The second kappa shape index (κ2) is 13.7. The van der Waals surface area contributed by atoms with Gasteiger partial charge in [-0.1, -0.05) is 71.7 Å². The molecule has 3 aromatic carbocycles. The SMILES string of the molecule is CC(NCCN(Cc1cccc(CNC(=O)c2c(Cl)cncc2Cl)c1)c1cccc2c1NCCC2)c1nc2ccccc2[nH]1. The molecule has 1 aliphatic heterocycles. The Morgan fingerprint density at radius 1 is 1.02 bits per heavy atom. The van der Waals surface area contributed by atoms with Crippen LogP contribution in [0, 0.1) is 0 Å². The van der Waals surface area contributed by atoms with E-state index >= 15 is 0 Å². The highest BCUT2D eigenvalue weighted by Crippen LogP contribution is 2.34. The summed E-state index contributed by atoms with van der Waals surface area (Å²) in [5, 5.41) is 10.7. The van der Waals surface area contributed by atoms with Crippen LogP contribution in [0.2, 0.25) is 10.0 Å². The third-order valence-corrected chi connectivity index (χ3v) is 8.52. The number of carbonyl (C=O) groups is 1. The highest BCUT2D eigenvalue weighted by Gasteiger charge is 2.19. The molecule has 3 heterocycles. The number of carbonyl (C=O) groups excluding carboxylic acids is 1. The van der Waals surface area contributed by atoms with Crippen molar-refractivity contribution in [3.8, 4) is 0 Å². The fraction of sp³-hybridized carbons (Fsp3) is 0.265. The summed E-state index contributed by atoms with van der Waals surface area (Å²) < 4.78 is 0. The zero-order valence-corrected chi connectivity index (χ0v) is 26.1. The second-order valence-electron chi connectivity index (χ2n) is 11.1. The first kappa shape index (κ1) is 29.9. The minimum Gasteiger partial charge on any atom is -0.383 e. The van der Waals surface area contributed by atoms with E-state index in [2.05, 4.69) is 74.1 Å². The maximum Gasteiger partial charge on any atom is 0.254 e. The molecule has 6 rings (SSSR count). The third-order valence-electron chi connectivity index (χ3n) is 7.94. The Kier molecular flexibility index (Phi) is 9.31. The molecule has 5 aromatic rings. The maximum absolute atomic E-state index is 12.8. The zero-order chi connectivity index (χ0) is 30.5. The first-order chi connectivity index (χ1) is 21.5. The van der Waals surface area contributed by atoms with E-state index in [1.165, 1.54) is 29.3 Å². The van der Waals surface area contributed by atoms with Gasteiger partial charge < -0.3 is 25.8 Å². The summed E-state index contributed by atoms with van der Waals surface area (Å²) in [6, 6.07) is 23.0. The number of pyridine rings is 1. The first-order valence-corrected chi connectivity index (χ1v) is 15.7. The third kappa shape index (κ3) is 6.83. The van der Waals surface area contributed by atoms with E-state index in [1.54, 1.807) is 0 Å². The number of anilines is 2. The minimum absolute atomic E-state index is 0.0707. The van der Waals surface area contributed by atoms with E-state index < -0.39 is 0 Å². The smallest absolute Gasteiger partial charge is 0.254 e. The van der Waals surface area contributed by atoms with Crippen molar-refractivity contribution < 1.29 is 4.79 Å². The molecule has 0 fully saturated rings. The number of fused-ring (bicyclic) bond motifs is 2. The lowest BCUT2D eigenvalue weighted by Crippen LogP contribution is -2.34. The predicted molar refractivity (Wildman–Crippen MR) is 179 cm³/mol. The number of halogens is 2.